The van der Waals surface area contributed by atoms with Crippen LogP contribution in [0.2, 0.25) is 0 Å². The van der Waals surface area contributed by atoms with Gasteiger partial charge in [-0.1, -0.05) is 32.3 Å². The van der Waals surface area contributed by atoms with Gasteiger partial charge < -0.3 is 0 Å². The first-order chi connectivity index (χ1) is 5.93. The molecule has 0 N–H and O–H groups in total. The van der Waals surface area contributed by atoms with Crippen LogP contribution in [0.3, 0.4) is 0 Å². The van der Waals surface area contributed by atoms with Gasteiger partial charge in [0.25, 0.3) is 0 Å². The van der Waals surface area contributed by atoms with E-state index in [2.05, 4.69) is 11.6 Å². The van der Waals surface area contributed by atoms with Crippen molar-refractivity contribution in [1.29, 1.82) is 0 Å². The predicted octanol–water partition coefficient (Wildman–Crippen LogP) is 3.36. The largest absolute Gasteiger partial charge is 0.290 e. The second-order valence-electron chi connectivity index (χ2n) is 3.45. The molecule has 1 rings (SSSR count). The quantitative estimate of drug-likeness (QED) is 0.565. The van der Waals surface area contributed by atoms with Crippen molar-refractivity contribution in [2.45, 2.75) is 44.9 Å². The van der Waals surface area contributed by atoms with Crippen molar-refractivity contribution < 1.29 is 0 Å². The second-order valence-corrected chi connectivity index (χ2v) is 3.45. The summed E-state index contributed by atoms with van der Waals surface area (Å²) in [5, 5.41) is 0. The van der Waals surface area contributed by atoms with Crippen molar-refractivity contribution in [2.75, 3.05) is 6.54 Å². The van der Waals surface area contributed by atoms with Crippen molar-refractivity contribution in [2.24, 2.45) is 4.99 Å². The van der Waals surface area contributed by atoms with Gasteiger partial charge >= 0.3 is 0 Å². The van der Waals surface area contributed by atoms with E-state index in [1.807, 2.05) is 6.08 Å². The van der Waals surface area contributed by atoms with Crippen LogP contribution >= 0.6 is 0 Å². The molecule has 0 saturated heterocycles. The zero-order chi connectivity index (χ0) is 8.65. The molecule has 0 aromatic rings. The number of hydrogen-bond acceptors (Lipinski definition) is 1. The first-order valence-electron chi connectivity index (χ1n) is 5.09. The van der Waals surface area contributed by atoms with Crippen molar-refractivity contribution >= 4 is 5.71 Å². The summed E-state index contributed by atoms with van der Waals surface area (Å²) in [4.78, 5) is 4.50. The Morgan fingerprint density at radius 1 is 1.00 bits per heavy atom. The van der Waals surface area contributed by atoms with E-state index in [1.54, 1.807) is 0 Å². The molecule has 0 saturated carbocycles. The fourth-order valence-corrected chi connectivity index (χ4v) is 1.59. The molecule has 1 heterocycles. The summed E-state index contributed by atoms with van der Waals surface area (Å²) >= 11 is 0. The minimum atomic E-state index is 1.02. The molecule has 0 radical (unpaired) electrons. The molecule has 1 nitrogen and oxygen atoms in total. The molecule has 0 aromatic heterocycles. The van der Waals surface area contributed by atoms with E-state index in [4.69, 9.17) is 0 Å². The smallest absolute Gasteiger partial charge is 0.0392 e. The van der Waals surface area contributed by atoms with Crippen LogP contribution in [0.25, 0.3) is 0 Å². The van der Waals surface area contributed by atoms with E-state index in [1.165, 1.54) is 44.2 Å². The molecule has 1 aliphatic heterocycles. The predicted molar refractivity (Wildman–Crippen MR) is 54.8 cm³/mol. The van der Waals surface area contributed by atoms with Gasteiger partial charge in [0.15, 0.2) is 0 Å². The van der Waals surface area contributed by atoms with E-state index >= 15 is 0 Å². The molecule has 68 valence electrons. The summed E-state index contributed by atoms with van der Waals surface area (Å²) in [7, 11) is 0. The Kier molecular flexibility index (Phi) is 4.74. The molecule has 0 bridgehead atoms. The normalized spacial score (nSPS) is 25.5. The molecule has 1 aliphatic rings. The SMILES string of the molecule is C=C/C1=N/CCCCCCCC1. The zero-order valence-electron chi connectivity index (χ0n) is 7.89. The monoisotopic (exact) mass is 165 g/mol. The van der Waals surface area contributed by atoms with Crippen LogP contribution in [-0.4, -0.2) is 12.3 Å². The topological polar surface area (TPSA) is 12.4 Å². The Morgan fingerprint density at radius 3 is 2.42 bits per heavy atom. The van der Waals surface area contributed by atoms with Crippen LogP contribution < -0.4 is 0 Å². The summed E-state index contributed by atoms with van der Waals surface area (Å²) in [6.45, 7) is 4.80. The van der Waals surface area contributed by atoms with Crippen molar-refractivity contribution in [1.82, 2.24) is 0 Å². The zero-order valence-corrected chi connectivity index (χ0v) is 7.89. The van der Waals surface area contributed by atoms with Crippen LogP contribution in [0, 0.1) is 0 Å². The minimum Gasteiger partial charge on any atom is -0.290 e. The van der Waals surface area contributed by atoms with Crippen LogP contribution in [-0.2, 0) is 0 Å². The first kappa shape index (κ1) is 9.50. The summed E-state index contributed by atoms with van der Waals surface area (Å²) in [5.41, 5.74) is 1.22. The van der Waals surface area contributed by atoms with Crippen LogP contribution in [0.1, 0.15) is 44.9 Å². The highest BCUT2D eigenvalue weighted by molar-refractivity contribution is 5.94. The average molecular weight is 165 g/mol. The van der Waals surface area contributed by atoms with E-state index in [9.17, 15) is 0 Å². The fourth-order valence-electron chi connectivity index (χ4n) is 1.59. The van der Waals surface area contributed by atoms with Crippen LogP contribution in [0.4, 0.5) is 0 Å². The molecular weight excluding hydrogens is 146 g/mol. The lowest BCUT2D eigenvalue weighted by Crippen LogP contribution is -1.97. The van der Waals surface area contributed by atoms with Crippen molar-refractivity contribution in [3.63, 3.8) is 0 Å². The van der Waals surface area contributed by atoms with Gasteiger partial charge in [-0.15, -0.1) is 0 Å². The van der Waals surface area contributed by atoms with E-state index in [0.717, 1.165) is 13.0 Å². The van der Waals surface area contributed by atoms with Gasteiger partial charge in [0.2, 0.25) is 0 Å². The lowest BCUT2D eigenvalue weighted by Gasteiger charge is -2.05. The van der Waals surface area contributed by atoms with Crippen molar-refractivity contribution in [3.8, 4) is 0 Å². The summed E-state index contributed by atoms with van der Waals surface area (Å²) in [6, 6.07) is 0. The highest BCUT2D eigenvalue weighted by Crippen LogP contribution is 2.10. The Labute approximate surface area is 75.6 Å². The molecule has 1 heteroatoms. The average Bonchev–Trinajstić information content (AvgIpc) is 2.14. The first-order valence-corrected chi connectivity index (χ1v) is 5.09. The maximum atomic E-state index is 4.50. The van der Waals surface area contributed by atoms with E-state index < -0.39 is 0 Å². The fraction of sp³-hybridized carbons (Fsp3) is 0.727. The van der Waals surface area contributed by atoms with Gasteiger partial charge in [0, 0.05) is 12.3 Å². The van der Waals surface area contributed by atoms with Gasteiger partial charge in [-0.3, -0.25) is 4.99 Å². The maximum Gasteiger partial charge on any atom is 0.0392 e. The van der Waals surface area contributed by atoms with Gasteiger partial charge in [-0.2, -0.15) is 0 Å². The van der Waals surface area contributed by atoms with E-state index in [-0.39, 0.29) is 0 Å². The molecule has 0 unspecified atom stereocenters. The number of nitrogens with zero attached hydrogens (tertiary/aromatic N) is 1. The Balaban J connectivity index is 2.37. The molecule has 0 amide bonds. The number of rotatable bonds is 1. The van der Waals surface area contributed by atoms with Crippen LogP contribution in [0.15, 0.2) is 17.6 Å². The molecule has 0 aliphatic carbocycles. The van der Waals surface area contributed by atoms with Crippen molar-refractivity contribution in [3.05, 3.63) is 12.7 Å². The minimum absolute atomic E-state index is 1.02. The number of allylic oxidation sites excluding steroid dienone is 1. The van der Waals surface area contributed by atoms with Gasteiger partial charge in [0.1, 0.15) is 0 Å². The third-order valence-electron chi connectivity index (χ3n) is 2.39. The number of hydrogen-bond donors (Lipinski definition) is 0. The summed E-state index contributed by atoms with van der Waals surface area (Å²) in [6.07, 6.45) is 11.2. The lowest BCUT2D eigenvalue weighted by atomic mass is 10.1. The highest BCUT2D eigenvalue weighted by atomic mass is 14.7. The molecular formula is C11H19N. The van der Waals surface area contributed by atoms with E-state index in [0.29, 0.717) is 0 Å². The third-order valence-corrected chi connectivity index (χ3v) is 2.39. The standard InChI is InChI=1S/C11H19N/c1-2-11-9-7-5-3-4-6-8-10-12-11/h2H,1,3-10H2/b12-11-. The van der Waals surface area contributed by atoms with Gasteiger partial charge in [0.05, 0.1) is 0 Å². The maximum absolute atomic E-state index is 4.50. The molecule has 0 spiro atoms. The summed E-state index contributed by atoms with van der Waals surface area (Å²) < 4.78 is 0. The molecule has 0 fully saturated rings. The molecule has 0 atom stereocenters. The number of aliphatic imine (C=N–C) groups is 1. The summed E-state index contributed by atoms with van der Waals surface area (Å²) in [5.74, 6) is 0. The van der Waals surface area contributed by atoms with Gasteiger partial charge in [-0.05, 0) is 25.3 Å². The van der Waals surface area contributed by atoms with Gasteiger partial charge in [-0.25, -0.2) is 0 Å². The Hall–Kier alpha value is -0.590. The lowest BCUT2D eigenvalue weighted by molar-refractivity contribution is 0.597. The second kappa shape index (κ2) is 5.99. The van der Waals surface area contributed by atoms with Crippen LogP contribution in [0.5, 0.6) is 0 Å². The third kappa shape index (κ3) is 3.70. The molecule has 12 heavy (non-hydrogen) atoms. The Bertz CT molecular complexity index is 158. The molecule has 0 aromatic carbocycles. The Morgan fingerprint density at radius 2 is 1.67 bits per heavy atom. The highest BCUT2D eigenvalue weighted by Gasteiger charge is 1.98.